The zero-order valence-electron chi connectivity index (χ0n) is 11.1. The van der Waals surface area contributed by atoms with Crippen LogP contribution in [-0.4, -0.2) is 36.2 Å². The van der Waals surface area contributed by atoms with Crippen molar-refractivity contribution in [3.63, 3.8) is 0 Å². The van der Waals surface area contributed by atoms with E-state index >= 15 is 0 Å². The highest BCUT2D eigenvalue weighted by atomic mass is 16.6. The molecule has 0 saturated carbocycles. The van der Waals surface area contributed by atoms with Gasteiger partial charge in [0.05, 0.1) is 6.61 Å². The van der Waals surface area contributed by atoms with Crippen molar-refractivity contribution in [2.24, 2.45) is 0 Å². The quantitative estimate of drug-likeness (QED) is 0.454. The van der Waals surface area contributed by atoms with E-state index < -0.39 is 17.9 Å². The van der Waals surface area contributed by atoms with Crippen molar-refractivity contribution < 1.29 is 29.0 Å². The van der Waals surface area contributed by atoms with Crippen molar-refractivity contribution in [2.75, 3.05) is 13.2 Å². The van der Waals surface area contributed by atoms with Crippen LogP contribution in [0.2, 0.25) is 0 Å². The molecule has 0 spiro atoms. The van der Waals surface area contributed by atoms with Crippen LogP contribution in [0.25, 0.3) is 0 Å². The van der Waals surface area contributed by atoms with E-state index in [0.717, 1.165) is 6.08 Å². The van der Waals surface area contributed by atoms with Gasteiger partial charge in [0.2, 0.25) is 0 Å². The van der Waals surface area contributed by atoms with Crippen molar-refractivity contribution in [3.8, 4) is 0 Å². The Balaban J connectivity index is 0. The highest BCUT2D eigenvalue weighted by Crippen LogP contribution is 1.92. The first kappa shape index (κ1) is 19.1. The number of esters is 3. The summed E-state index contributed by atoms with van der Waals surface area (Å²) in [6.45, 7) is 12.7. The zero-order chi connectivity index (χ0) is 15.4. The largest absolute Gasteiger partial charge is 0.460 e. The van der Waals surface area contributed by atoms with Gasteiger partial charge in [0.25, 0.3) is 0 Å². The number of hydrogen-bond acceptors (Lipinski definition) is 6. The van der Waals surface area contributed by atoms with Crippen LogP contribution in [0.1, 0.15) is 13.8 Å². The lowest BCUT2D eigenvalue weighted by Crippen LogP contribution is -2.09. The summed E-state index contributed by atoms with van der Waals surface area (Å²) in [5.41, 5.74) is 0.540. The lowest BCUT2D eigenvalue weighted by Gasteiger charge is -1.99. The van der Waals surface area contributed by atoms with Gasteiger partial charge < -0.3 is 14.6 Å². The lowest BCUT2D eigenvalue weighted by atomic mass is 10.4. The van der Waals surface area contributed by atoms with Crippen LogP contribution >= 0.6 is 0 Å². The fraction of sp³-hybridized carbons (Fsp3) is 0.308. The Labute approximate surface area is 112 Å². The molecule has 0 aliphatic heterocycles. The van der Waals surface area contributed by atoms with Crippen LogP contribution in [-0.2, 0) is 23.9 Å². The average molecular weight is 270 g/mol. The molecule has 0 rings (SSSR count). The first-order valence-electron chi connectivity index (χ1n) is 5.23. The number of hydrogen-bond donors (Lipinski definition) is 1. The third-order valence-electron chi connectivity index (χ3n) is 1.38. The number of carbonyl (C=O) groups excluding carboxylic acids is 3. The SMILES string of the molecule is C=C(C)C(=O)OCCO.C=CC(=O)OC(=O)C(=C)C. The first-order chi connectivity index (χ1) is 8.76. The summed E-state index contributed by atoms with van der Waals surface area (Å²) in [5, 5.41) is 8.19. The predicted octanol–water partition coefficient (Wildman–Crippen LogP) is 0.916. The van der Waals surface area contributed by atoms with Gasteiger partial charge in [-0.15, -0.1) is 0 Å². The minimum absolute atomic E-state index is 0.0473. The Hall–Kier alpha value is -2.21. The standard InChI is InChI=1S/C7H8O3.C6H10O3/c1-4-6(8)10-7(9)5(2)3;1-5(2)6(8)9-4-3-7/h4H,1-2H2,3H3;7H,1,3-4H2,2H3. The van der Waals surface area contributed by atoms with E-state index in [0.29, 0.717) is 5.57 Å². The summed E-state index contributed by atoms with van der Waals surface area (Å²) in [6, 6.07) is 0. The molecule has 0 radical (unpaired) electrons. The van der Waals surface area contributed by atoms with Gasteiger partial charge >= 0.3 is 17.9 Å². The molecule has 0 aliphatic carbocycles. The van der Waals surface area contributed by atoms with Gasteiger partial charge in [-0.05, 0) is 13.8 Å². The first-order valence-corrected chi connectivity index (χ1v) is 5.23. The predicted molar refractivity (Wildman–Crippen MR) is 69.0 cm³/mol. The summed E-state index contributed by atoms with van der Waals surface area (Å²) in [6.07, 6.45) is 0.918. The second kappa shape index (κ2) is 10.9. The summed E-state index contributed by atoms with van der Waals surface area (Å²) in [7, 11) is 0. The second-order valence-electron chi connectivity index (χ2n) is 3.33. The van der Waals surface area contributed by atoms with Gasteiger partial charge in [0, 0.05) is 17.2 Å². The van der Waals surface area contributed by atoms with Crippen molar-refractivity contribution in [2.45, 2.75) is 13.8 Å². The molecule has 0 aromatic rings. The number of aliphatic hydroxyl groups is 1. The maximum Gasteiger partial charge on any atom is 0.340 e. The van der Waals surface area contributed by atoms with E-state index in [-0.39, 0.29) is 18.8 Å². The molecule has 0 amide bonds. The summed E-state index contributed by atoms with van der Waals surface area (Å²) in [4.78, 5) is 31.3. The molecule has 6 nitrogen and oxygen atoms in total. The van der Waals surface area contributed by atoms with E-state index in [9.17, 15) is 14.4 Å². The van der Waals surface area contributed by atoms with Gasteiger partial charge in [0.1, 0.15) is 6.61 Å². The Morgan fingerprint density at radius 2 is 1.58 bits per heavy atom. The minimum atomic E-state index is -0.756. The normalized spacial score (nSPS) is 8.37. The number of carbonyl (C=O) groups is 3. The fourth-order valence-corrected chi connectivity index (χ4v) is 0.482. The molecular formula is C13H18O6. The highest BCUT2D eigenvalue weighted by molar-refractivity contribution is 5.98. The molecule has 6 heteroatoms. The minimum Gasteiger partial charge on any atom is -0.460 e. The molecular weight excluding hydrogens is 252 g/mol. The number of ether oxygens (including phenoxy) is 2. The van der Waals surface area contributed by atoms with E-state index in [2.05, 4.69) is 29.2 Å². The van der Waals surface area contributed by atoms with Crippen LogP contribution in [0.4, 0.5) is 0 Å². The molecule has 0 aromatic heterocycles. The van der Waals surface area contributed by atoms with Crippen molar-refractivity contribution in [1.29, 1.82) is 0 Å². The molecule has 0 atom stereocenters. The molecule has 106 valence electrons. The highest BCUT2D eigenvalue weighted by Gasteiger charge is 2.06. The maximum absolute atomic E-state index is 10.5. The Kier molecular flexibility index (Phi) is 11.0. The third-order valence-corrected chi connectivity index (χ3v) is 1.38. The fourth-order valence-electron chi connectivity index (χ4n) is 0.482. The van der Waals surface area contributed by atoms with Gasteiger partial charge in [0.15, 0.2) is 0 Å². The van der Waals surface area contributed by atoms with E-state index in [1.165, 1.54) is 6.92 Å². The molecule has 0 fully saturated rings. The van der Waals surface area contributed by atoms with Crippen LogP contribution < -0.4 is 0 Å². The van der Waals surface area contributed by atoms with E-state index in [1.54, 1.807) is 6.92 Å². The molecule has 0 saturated heterocycles. The zero-order valence-corrected chi connectivity index (χ0v) is 11.1. The van der Waals surface area contributed by atoms with Gasteiger partial charge in [-0.25, -0.2) is 14.4 Å². The Morgan fingerprint density at radius 1 is 1.11 bits per heavy atom. The van der Waals surface area contributed by atoms with E-state index in [1.807, 2.05) is 0 Å². The summed E-state index contributed by atoms with van der Waals surface area (Å²) >= 11 is 0. The summed E-state index contributed by atoms with van der Waals surface area (Å²) in [5.74, 6) is -1.93. The van der Waals surface area contributed by atoms with Crippen LogP contribution in [0, 0.1) is 0 Å². The molecule has 0 aromatic carbocycles. The molecule has 0 aliphatic rings. The molecule has 0 bridgehead atoms. The topological polar surface area (TPSA) is 89.9 Å². The Morgan fingerprint density at radius 3 is 1.89 bits per heavy atom. The molecule has 0 heterocycles. The van der Waals surface area contributed by atoms with Crippen molar-refractivity contribution in [3.05, 3.63) is 37.0 Å². The summed E-state index contributed by atoms with van der Waals surface area (Å²) < 4.78 is 8.63. The number of aliphatic hydroxyl groups excluding tert-OH is 1. The van der Waals surface area contributed by atoms with Gasteiger partial charge in [-0.1, -0.05) is 19.7 Å². The Bertz CT molecular complexity index is 381. The van der Waals surface area contributed by atoms with Crippen LogP contribution in [0.15, 0.2) is 37.0 Å². The van der Waals surface area contributed by atoms with Crippen molar-refractivity contribution in [1.82, 2.24) is 0 Å². The van der Waals surface area contributed by atoms with Crippen LogP contribution in [0.3, 0.4) is 0 Å². The smallest absolute Gasteiger partial charge is 0.340 e. The third kappa shape index (κ3) is 12.0. The molecule has 1 N–H and O–H groups in total. The second-order valence-corrected chi connectivity index (χ2v) is 3.33. The van der Waals surface area contributed by atoms with Crippen molar-refractivity contribution >= 4 is 17.9 Å². The maximum atomic E-state index is 10.5. The van der Waals surface area contributed by atoms with Gasteiger partial charge in [-0.2, -0.15) is 0 Å². The van der Waals surface area contributed by atoms with Gasteiger partial charge in [-0.3, -0.25) is 0 Å². The number of rotatable bonds is 5. The monoisotopic (exact) mass is 270 g/mol. The van der Waals surface area contributed by atoms with E-state index in [4.69, 9.17) is 5.11 Å². The molecule has 0 unspecified atom stereocenters. The average Bonchev–Trinajstić information content (AvgIpc) is 2.35. The molecule has 19 heavy (non-hydrogen) atoms. The lowest BCUT2D eigenvalue weighted by molar-refractivity contribution is -0.153. The van der Waals surface area contributed by atoms with Crippen LogP contribution in [0.5, 0.6) is 0 Å².